The lowest BCUT2D eigenvalue weighted by molar-refractivity contribution is 0.480. The van der Waals surface area contributed by atoms with Gasteiger partial charge in [0.25, 0.3) is 0 Å². The predicted octanol–water partition coefficient (Wildman–Crippen LogP) is 3.85. The molecule has 3 heteroatoms. The number of hydrogen-bond acceptors (Lipinski definition) is 2. The van der Waals surface area contributed by atoms with Crippen LogP contribution in [-0.2, 0) is 0 Å². The van der Waals surface area contributed by atoms with Crippen LogP contribution >= 0.6 is 0 Å². The zero-order chi connectivity index (χ0) is 11.5. The second-order valence-electron chi connectivity index (χ2n) is 3.64. The first kappa shape index (κ1) is 10.2. The first-order valence-corrected chi connectivity index (χ1v) is 4.96. The first-order valence-electron chi connectivity index (χ1n) is 4.96. The molecular formula is C13H11N2O+. The highest BCUT2D eigenvalue weighted by Gasteiger charge is 2.17. The number of rotatable bonds is 1. The van der Waals surface area contributed by atoms with Crippen molar-refractivity contribution in [2.45, 2.75) is 6.92 Å². The Bertz CT molecular complexity index is 570. The Morgan fingerprint density at radius 1 is 1.12 bits per heavy atom. The molecule has 2 aromatic rings. The van der Waals surface area contributed by atoms with Gasteiger partial charge in [-0.05, 0) is 12.5 Å². The molecule has 0 bridgehead atoms. The maximum atomic E-state index is 9.88. The van der Waals surface area contributed by atoms with Gasteiger partial charge in [0, 0.05) is 11.6 Å². The Kier molecular flexibility index (Phi) is 2.57. The summed E-state index contributed by atoms with van der Waals surface area (Å²) in [6, 6.07) is 12.9. The third kappa shape index (κ3) is 1.73. The monoisotopic (exact) mass is 211 g/mol. The van der Waals surface area contributed by atoms with E-state index in [4.69, 9.17) is 5.39 Å². The molecule has 0 amide bonds. The van der Waals surface area contributed by atoms with Crippen molar-refractivity contribution in [1.82, 2.24) is 0 Å². The maximum absolute atomic E-state index is 9.88. The summed E-state index contributed by atoms with van der Waals surface area (Å²) >= 11 is 0. The van der Waals surface area contributed by atoms with Crippen LogP contribution in [0.4, 0.5) is 5.69 Å². The molecule has 0 atom stereocenters. The second kappa shape index (κ2) is 4.03. The van der Waals surface area contributed by atoms with Gasteiger partial charge in [0.1, 0.15) is 0 Å². The van der Waals surface area contributed by atoms with Crippen LogP contribution in [0.3, 0.4) is 0 Å². The summed E-state index contributed by atoms with van der Waals surface area (Å²) in [5, 5.41) is 18.6. The highest BCUT2D eigenvalue weighted by molar-refractivity contribution is 5.78. The van der Waals surface area contributed by atoms with Crippen molar-refractivity contribution in [2.24, 2.45) is 0 Å². The van der Waals surface area contributed by atoms with Crippen LogP contribution in [0.1, 0.15) is 5.56 Å². The smallest absolute Gasteiger partial charge is 0.426 e. The Labute approximate surface area is 93.6 Å². The maximum Gasteiger partial charge on any atom is 0.426 e. The van der Waals surface area contributed by atoms with E-state index in [1.165, 1.54) is 0 Å². The number of para-hydroxylation sites is 1. The van der Waals surface area contributed by atoms with Gasteiger partial charge in [-0.1, -0.05) is 42.0 Å². The molecule has 78 valence electrons. The van der Waals surface area contributed by atoms with Crippen molar-refractivity contribution < 1.29 is 5.11 Å². The molecule has 0 aliphatic heterocycles. The molecule has 0 heterocycles. The zero-order valence-corrected chi connectivity index (χ0v) is 8.88. The average molecular weight is 211 g/mol. The summed E-state index contributed by atoms with van der Waals surface area (Å²) in [5.74, 6) is -0.00407. The lowest BCUT2D eigenvalue weighted by atomic mass is 10.0. The normalized spacial score (nSPS) is 9.75. The van der Waals surface area contributed by atoms with E-state index in [1.54, 1.807) is 18.2 Å². The van der Waals surface area contributed by atoms with Crippen molar-refractivity contribution in [3.63, 3.8) is 0 Å². The quantitative estimate of drug-likeness (QED) is 0.728. The number of aromatic hydroxyl groups is 1. The Morgan fingerprint density at radius 3 is 2.56 bits per heavy atom. The molecule has 3 nitrogen and oxygen atoms in total. The fraction of sp³-hybridized carbons (Fsp3) is 0.0769. The summed E-state index contributed by atoms with van der Waals surface area (Å²) < 4.78 is 0. The Balaban J connectivity index is 2.62. The summed E-state index contributed by atoms with van der Waals surface area (Å²) in [6.45, 7) is 1.99. The van der Waals surface area contributed by atoms with Crippen LogP contribution in [0.5, 0.6) is 5.75 Å². The third-order valence-electron chi connectivity index (χ3n) is 2.45. The van der Waals surface area contributed by atoms with E-state index in [9.17, 15) is 5.11 Å². The number of nitrogens with zero attached hydrogens (tertiary/aromatic N) is 2. The molecular weight excluding hydrogens is 200 g/mol. The molecule has 0 aromatic heterocycles. The number of benzene rings is 2. The number of phenolic OH excluding ortho intramolecular Hbond substituents is 1. The minimum absolute atomic E-state index is 0.00407. The molecule has 0 saturated heterocycles. The Morgan fingerprint density at radius 2 is 1.88 bits per heavy atom. The number of aryl methyl sites for hydroxylation is 1. The van der Waals surface area contributed by atoms with E-state index in [-0.39, 0.29) is 11.4 Å². The lowest BCUT2D eigenvalue weighted by Gasteiger charge is -2.03. The van der Waals surface area contributed by atoms with Crippen molar-refractivity contribution >= 4 is 5.69 Å². The van der Waals surface area contributed by atoms with Gasteiger partial charge in [-0.3, -0.25) is 0 Å². The van der Waals surface area contributed by atoms with Crippen LogP contribution in [0.25, 0.3) is 16.1 Å². The molecule has 0 fully saturated rings. The van der Waals surface area contributed by atoms with E-state index in [2.05, 4.69) is 4.98 Å². The molecule has 2 rings (SSSR count). The molecule has 0 aliphatic rings. The van der Waals surface area contributed by atoms with Crippen molar-refractivity contribution in [3.8, 4) is 16.9 Å². The van der Waals surface area contributed by atoms with Gasteiger partial charge in [0.05, 0.1) is 0 Å². The van der Waals surface area contributed by atoms with Crippen LogP contribution in [0.2, 0.25) is 0 Å². The highest BCUT2D eigenvalue weighted by Crippen LogP contribution is 2.37. The molecule has 0 saturated carbocycles. The summed E-state index contributed by atoms with van der Waals surface area (Å²) in [4.78, 5) is 3.03. The predicted molar refractivity (Wildman–Crippen MR) is 63.0 cm³/mol. The fourth-order valence-corrected chi connectivity index (χ4v) is 1.66. The highest BCUT2D eigenvalue weighted by atomic mass is 16.3. The van der Waals surface area contributed by atoms with Gasteiger partial charge < -0.3 is 5.11 Å². The molecule has 16 heavy (non-hydrogen) atoms. The molecule has 0 aliphatic carbocycles. The third-order valence-corrected chi connectivity index (χ3v) is 2.45. The van der Waals surface area contributed by atoms with Crippen molar-refractivity contribution in [1.29, 1.82) is 5.39 Å². The topological polar surface area (TPSA) is 48.4 Å². The number of phenols is 1. The van der Waals surface area contributed by atoms with E-state index in [1.807, 2.05) is 31.2 Å². The van der Waals surface area contributed by atoms with Crippen LogP contribution in [0, 0.1) is 12.3 Å². The second-order valence-corrected chi connectivity index (χ2v) is 3.64. The van der Waals surface area contributed by atoms with Gasteiger partial charge in [-0.25, -0.2) is 0 Å². The van der Waals surface area contributed by atoms with E-state index >= 15 is 0 Å². The van der Waals surface area contributed by atoms with E-state index in [0.29, 0.717) is 5.56 Å². The lowest BCUT2D eigenvalue weighted by Crippen LogP contribution is -1.80. The van der Waals surface area contributed by atoms with Gasteiger partial charge in [0.15, 0.2) is 4.98 Å². The van der Waals surface area contributed by atoms with Gasteiger partial charge in [-0.2, -0.15) is 0 Å². The van der Waals surface area contributed by atoms with Crippen LogP contribution in [-0.4, -0.2) is 5.11 Å². The number of diazo groups is 1. The molecule has 0 unspecified atom stereocenters. The van der Waals surface area contributed by atoms with Gasteiger partial charge in [0.2, 0.25) is 11.1 Å². The Hall–Kier alpha value is -2.34. The molecule has 0 radical (unpaired) electrons. The number of hydrogen-bond donors (Lipinski definition) is 1. The minimum atomic E-state index is -0.00407. The molecule has 1 N–H and O–H groups in total. The summed E-state index contributed by atoms with van der Waals surface area (Å²) in [5.41, 5.74) is 2.87. The van der Waals surface area contributed by atoms with Crippen molar-refractivity contribution in [2.75, 3.05) is 0 Å². The van der Waals surface area contributed by atoms with Crippen LogP contribution < -0.4 is 0 Å². The van der Waals surface area contributed by atoms with Crippen molar-refractivity contribution in [3.05, 3.63) is 53.0 Å². The SMILES string of the molecule is Cc1cccc(-c2cccc([N+]#N)c2O)c1. The minimum Gasteiger partial charge on any atom is -0.501 e. The largest absolute Gasteiger partial charge is 0.501 e. The zero-order valence-electron chi connectivity index (χ0n) is 8.88. The summed E-state index contributed by atoms with van der Waals surface area (Å²) in [6.07, 6.45) is 0. The van der Waals surface area contributed by atoms with Gasteiger partial charge in [-0.15, -0.1) is 0 Å². The van der Waals surface area contributed by atoms with E-state index < -0.39 is 0 Å². The van der Waals surface area contributed by atoms with E-state index in [0.717, 1.165) is 11.1 Å². The molecule has 2 aromatic carbocycles. The molecule has 0 spiro atoms. The fourth-order valence-electron chi connectivity index (χ4n) is 1.66. The van der Waals surface area contributed by atoms with Crippen LogP contribution in [0.15, 0.2) is 42.5 Å². The first-order chi connectivity index (χ1) is 7.72. The van der Waals surface area contributed by atoms with Gasteiger partial charge >= 0.3 is 5.69 Å². The summed E-state index contributed by atoms with van der Waals surface area (Å²) in [7, 11) is 0. The standard InChI is InChI=1S/C13H10N2O/c1-9-4-2-5-10(8-9)11-6-3-7-12(15-14)13(11)16/h2-8H,1H3/p+1. The average Bonchev–Trinajstić information content (AvgIpc) is 2.29.